The average Bonchev–Trinajstić information content (AvgIpc) is 2.78. The van der Waals surface area contributed by atoms with E-state index in [2.05, 4.69) is 17.3 Å². The van der Waals surface area contributed by atoms with Crippen LogP contribution in [0.25, 0.3) is 0 Å². The third kappa shape index (κ3) is 4.50. The van der Waals surface area contributed by atoms with Gasteiger partial charge in [-0.1, -0.05) is 0 Å². The molecule has 4 nitrogen and oxygen atoms in total. The van der Waals surface area contributed by atoms with Crippen molar-refractivity contribution in [2.24, 2.45) is 5.92 Å². The summed E-state index contributed by atoms with van der Waals surface area (Å²) in [7, 11) is 4.22. The van der Waals surface area contributed by atoms with E-state index < -0.39 is 0 Å². The molecule has 18 heavy (non-hydrogen) atoms. The van der Waals surface area contributed by atoms with Crippen molar-refractivity contribution in [3.05, 3.63) is 0 Å². The van der Waals surface area contributed by atoms with Crippen LogP contribution in [0.5, 0.6) is 0 Å². The van der Waals surface area contributed by atoms with Crippen LogP contribution in [0.3, 0.4) is 0 Å². The quantitative estimate of drug-likeness (QED) is 0.772. The van der Waals surface area contributed by atoms with Gasteiger partial charge in [-0.3, -0.25) is 0 Å². The van der Waals surface area contributed by atoms with E-state index in [1.807, 2.05) is 7.05 Å². The van der Waals surface area contributed by atoms with E-state index in [1.54, 1.807) is 0 Å². The molecule has 2 aliphatic heterocycles. The Morgan fingerprint density at radius 3 is 2.50 bits per heavy atom. The van der Waals surface area contributed by atoms with Crippen LogP contribution in [0.4, 0.5) is 0 Å². The van der Waals surface area contributed by atoms with Crippen molar-refractivity contribution >= 4 is 0 Å². The molecule has 2 saturated heterocycles. The van der Waals surface area contributed by atoms with Gasteiger partial charge in [-0.15, -0.1) is 0 Å². The molecule has 2 fully saturated rings. The lowest BCUT2D eigenvalue weighted by Crippen LogP contribution is -2.35. The second-order valence-electron chi connectivity index (χ2n) is 5.79. The predicted molar refractivity (Wildman–Crippen MR) is 72.9 cm³/mol. The molecule has 0 bridgehead atoms. The molecule has 2 rings (SSSR count). The zero-order valence-corrected chi connectivity index (χ0v) is 11.9. The number of ether oxygens (including phenoxy) is 2. The molecular weight excluding hydrogens is 228 g/mol. The Morgan fingerprint density at radius 2 is 1.78 bits per heavy atom. The Balaban J connectivity index is 1.63. The summed E-state index contributed by atoms with van der Waals surface area (Å²) in [6.45, 7) is 5.16. The maximum atomic E-state index is 6.03. The summed E-state index contributed by atoms with van der Waals surface area (Å²) in [4.78, 5) is 2.45. The van der Waals surface area contributed by atoms with Crippen LogP contribution in [-0.2, 0) is 9.47 Å². The van der Waals surface area contributed by atoms with Gasteiger partial charge in [0.05, 0.1) is 12.2 Å². The summed E-state index contributed by atoms with van der Waals surface area (Å²) in [5.41, 5.74) is 0. The molecule has 0 spiro atoms. The molecule has 0 aromatic heterocycles. The van der Waals surface area contributed by atoms with E-state index in [1.165, 1.54) is 32.2 Å². The van der Waals surface area contributed by atoms with Crippen LogP contribution >= 0.6 is 0 Å². The van der Waals surface area contributed by atoms with Gasteiger partial charge >= 0.3 is 0 Å². The number of nitrogens with one attached hydrogen (secondary N) is 1. The van der Waals surface area contributed by atoms with Gasteiger partial charge in [0.25, 0.3) is 0 Å². The largest absolute Gasteiger partial charge is 0.381 e. The van der Waals surface area contributed by atoms with Crippen molar-refractivity contribution < 1.29 is 9.47 Å². The summed E-state index contributed by atoms with van der Waals surface area (Å²) >= 11 is 0. The minimum absolute atomic E-state index is 0.427. The highest BCUT2D eigenvalue weighted by Gasteiger charge is 2.26. The minimum atomic E-state index is 0.427. The Bertz CT molecular complexity index is 232. The Morgan fingerprint density at radius 1 is 1.06 bits per heavy atom. The molecular formula is C14H28N2O2. The number of likely N-dealkylation sites (N-methyl/N-ethyl adjacent to an activating group) is 2. The fourth-order valence-electron chi connectivity index (χ4n) is 3.08. The van der Waals surface area contributed by atoms with Crippen molar-refractivity contribution in [1.29, 1.82) is 0 Å². The second kappa shape index (κ2) is 7.43. The summed E-state index contributed by atoms with van der Waals surface area (Å²) in [6, 6.07) is 0. The van der Waals surface area contributed by atoms with Crippen molar-refractivity contribution in [1.82, 2.24) is 10.2 Å². The highest BCUT2D eigenvalue weighted by molar-refractivity contribution is 4.78. The third-order valence-electron chi connectivity index (χ3n) is 4.05. The van der Waals surface area contributed by atoms with E-state index in [-0.39, 0.29) is 0 Å². The molecule has 106 valence electrons. The monoisotopic (exact) mass is 256 g/mol. The van der Waals surface area contributed by atoms with Gasteiger partial charge in [0.2, 0.25) is 0 Å². The number of rotatable bonds is 6. The number of hydrogen-bond acceptors (Lipinski definition) is 4. The molecule has 2 heterocycles. The van der Waals surface area contributed by atoms with Crippen LogP contribution in [0.2, 0.25) is 0 Å². The molecule has 0 saturated carbocycles. The number of nitrogens with zero attached hydrogens (tertiary/aromatic N) is 1. The minimum Gasteiger partial charge on any atom is -0.381 e. The summed E-state index contributed by atoms with van der Waals surface area (Å²) in [5, 5.41) is 3.20. The zero-order chi connectivity index (χ0) is 12.8. The van der Waals surface area contributed by atoms with E-state index in [0.29, 0.717) is 12.2 Å². The van der Waals surface area contributed by atoms with Crippen LogP contribution < -0.4 is 5.32 Å². The molecule has 0 radical (unpaired) electrons. The third-order valence-corrected chi connectivity index (χ3v) is 4.05. The van der Waals surface area contributed by atoms with Crippen LogP contribution in [-0.4, -0.2) is 64.1 Å². The highest BCUT2D eigenvalue weighted by atomic mass is 16.5. The van der Waals surface area contributed by atoms with Gasteiger partial charge in [0.15, 0.2) is 0 Å². The lowest BCUT2D eigenvalue weighted by molar-refractivity contribution is 0.0175. The van der Waals surface area contributed by atoms with Gasteiger partial charge in [-0.05, 0) is 45.7 Å². The van der Waals surface area contributed by atoms with Gasteiger partial charge in [-0.2, -0.15) is 0 Å². The van der Waals surface area contributed by atoms with E-state index in [0.717, 1.165) is 32.2 Å². The predicted octanol–water partition coefficient (Wildman–Crippen LogP) is 1.11. The molecule has 0 aliphatic carbocycles. The molecule has 2 aliphatic rings. The summed E-state index contributed by atoms with van der Waals surface area (Å²) < 4.78 is 11.4. The normalized spacial score (nSPS) is 30.2. The Hall–Kier alpha value is -0.160. The van der Waals surface area contributed by atoms with Gasteiger partial charge in [0.1, 0.15) is 0 Å². The number of hydrogen-bond donors (Lipinski definition) is 1. The van der Waals surface area contributed by atoms with Crippen LogP contribution in [0, 0.1) is 5.92 Å². The molecule has 4 heteroatoms. The van der Waals surface area contributed by atoms with Crippen molar-refractivity contribution in [3.8, 4) is 0 Å². The fourth-order valence-corrected chi connectivity index (χ4v) is 3.08. The SMILES string of the molecule is CNCC1CCC(CN(C)CC2CCOCC2)O1. The molecule has 0 aromatic rings. The first-order valence-corrected chi connectivity index (χ1v) is 7.34. The summed E-state index contributed by atoms with van der Waals surface area (Å²) in [6.07, 6.45) is 5.72. The maximum Gasteiger partial charge on any atom is 0.0707 e. The standard InChI is InChI=1S/C14H28N2O2/c1-15-9-13-3-4-14(18-13)11-16(2)10-12-5-7-17-8-6-12/h12-15H,3-11H2,1-2H3. The molecule has 0 amide bonds. The maximum absolute atomic E-state index is 6.03. The first-order chi connectivity index (χ1) is 8.78. The topological polar surface area (TPSA) is 33.7 Å². The van der Waals surface area contributed by atoms with Crippen molar-refractivity contribution in [3.63, 3.8) is 0 Å². The highest BCUT2D eigenvalue weighted by Crippen LogP contribution is 2.21. The molecule has 0 aromatic carbocycles. The first-order valence-electron chi connectivity index (χ1n) is 7.34. The summed E-state index contributed by atoms with van der Waals surface area (Å²) in [5.74, 6) is 0.818. The van der Waals surface area contributed by atoms with E-state index in [4.69, 9.17) is 9.47 Å². The smallest absolute Gasteiger partial charge is 0.0707 e. The first kappa shape index (κ1) is 14.3. The van der Waals surface area contributed by atoms with Gasteiger partial charge in [-0.25, -0.2) is 0 Å². The van der Waals surface area contributed by atoms with Gasteiger partial charge < -0.3 is 19.7 Å². The molecule has 2 atom stereocenters. The Labute approximate surface area is 111 Å². The van der Waals surface area contributed by atoms with Crippen molar-refractivity contribution in [2.45, 2.75) is 37.9 Å². The van der Waals surface area contributed by atoms with E-state index >= 15 is 0 Å². The molecule has 2 unspecified atom stereocenters. The average molecular weight is 256 g/mol. The zero-order valence-electron chi connectivity index (χ0n) is 11.9. The van der Waals surface area contributed by atoms with Crippen molar-refractivity contribution in [2.75, 3.05) is 46.9 Å². The lowest BCUT2D eigenvalue weighted by Gasteiger charge is -2.28. The van der Waals surface area contributed by atoms with Crippen LogP contribution in [0.15, 0.2) is 0 Å². The van der Waals surface area contributed by atoms with E-state index in [9.17, 15) is 0 Å². The van der Waals surface area contributed by atoms with Gasteiger partial charge in [0, 0.05) is 32.8 Å². The van der Waals surface area contributed by atoms with Crippen LogP contribution in [0.1, 0.15) is 25.7 Å². The lowest BCUT2D eigenvalue weighted by atomic mass is 10.00. The molecule has 1 N–H and O–H groups in total. The Kier molecular flexibility index (Phi) is 5.89. The fraction of sp³-hybridized carbons (Fsp3) is 1.00. The second-order valence-corrected chi connectivity index (χ2v) is 5.79.